The summed E-state index contributed by atoms with van der Waals surface area (Å²) in [7, 11) is 0. The van der Waals surface area contributed by atoms with E-state index in [9.17, 15) is 15.0 Å². The SMILES string of the molecule is O=C(CO)N(CCN1[C@@H]2CC[C@H]1C[C@@H](c1cccc(O)c1)C2)CC12CC3CC(CC(C3)C1)C2. The Hall–Kier alpha value is -1.59. The van der Waals surface area contributed by atoms with Crippen LogP contribution in [0.15, 0.2) is 24.3 Å². The third-order valence-corrected chi connectivity index (χ3v) is 10.0. The van der Waals surface area contributed by atoms with Crippen molar-refractivity contribution in [1.82, 2.24) is 9.80 Å². The summed E-state index contributed by atoms with van der Waals surface area (Å²) in [5.74, 6) is 3.46. The summed E-state index contributed by atoms with van der Waals surface area (Å²) in [4.78, 5) is 17.5. The molecule has 4 aliphatic carbocycles. The first kappa shape index (κ1) is 21.9. The predicted octanol–water partition coefficient (Wildman–Crippen LogP) is 4.14. The van der Waals surface area contributed by atoms with Gasteiger partial charge in [-0.15, -0.1) is 0 Å². The minimum atomic E-state index is -0.362. The van der Waals surface area contributed by atoms with E-state index in [1.165, 1.54) is 56.9 Å². The predicted molar refractivity (Wildman–Crippen MR) is 128 cm³/mol. The number of amides is 1. The third-order valence-electron chi connectivity index (χ3n) is 10.0. The highest BCUT2D eigenvalue weighted by molar-refractivity contribution is 5.77. The van der Waals surface area contributed by atoms with Crippen molar-refractivity contribution >= 4 is 5.91 Å². The molecule has 1 aromatic rings. The number of benzene rings is 1. The maximum atomic E-state index is 12.8. The molecule has 5 nitrogen and oxygen atoms in total. The number of carbonyl (C=O) groups excluding carboxylic acids is 1. The van der Waals surface area contributed by atoms with Crippen LogP contribution < -0.4 is 0 Å². The summed E-state index contributed by atoms with van der Waals surface area (Å²) in [6.07, 6.45) is 12.9. The van der Waals surface area contributed by atoms with Crippen LogP contribution in [0.2, 0.25) is 0 Å². The van der Waals surface area contributed by atoms with Crippen LogP contribution in [0.4, 0.5) is 0 Å². The van der Waals surface area contributed by atoms with E-state index in [-0.39, 0.29) is 12.5 Å². The van der Waals surface area contributed by atoms with E-state index >= 15 is 0 Å². The fourth-order valence-electron chi connectivity index (χ4n) is 9.21. The van der Waals surface area contributed by atoms with E-state index < -0.39 is 0 Å². The van der Waals surface area contributed by atoms with Gasteiger partial charge >= 0.3 is 0 Å². The number of fused-ring (bicyclic) bond motifs is 2. The molecule has 7 rings (SSSR count). The Morgan fingerprint density at radius 3 is 2.21 bits per heavy atom. The molecule has 2 saturated heterocycles. The molecule has 0 aromatic heterocycles. The van der Waals surface area contributed by atoms with Gasteiger partial charge in [-0.2, -0.15) is 0 Å². The zero-order valence-corrected chi connectivity index (χ0v) is 19.9. The normalized spacial score (nSPS) is 39.2. The van der Waals surface area contributed by atoms with Gasteiger partial charge in [0.15, 0.2) is 0 Å². The van der Waals surface area contributed by atoms with E-state index in [1.807, 2.05) is 17.0 Å². The van der Waals surface area contributed by atoms with Gasteiger partial charge in [0.1, 0.15) is 12.4 Å². The summed E-state index contributed by atoms with van der Waals surface area (Å²) >= 11 is 0. The first-order chi connectivity index (χ1) is 16.0. The second-order valence-corrected chi connectivity index (χ2v) is 12.3. The quantitative estimate of drug-likeness (QED) is 0.653. The lowest BCUT2D eigenvalue weighted by Crippen LogP contribution is -2.54. The first-order valence-electron chi connectivity index (χ1n) is 13.4. The number of carbonyl (C=O) groups is 1. The van der Waals surface area contributed by atoms with Crippen molar-refractivity contribution in [3.05, 3.63) is 29.8 Å². The highest BCUT2D eigenvalue weighted by atomic mass is 16.3. The second kappa shape index (κ2) is 8.57. The van der Waals surface area contributed by atoms with E-state index in [4.69, 9.17) is 0 Å². The maximum absolute atomic E-state index is 12.8. The van der Waals surface area contributed by atoms with Crippen molar-refractivity contribution in [1.29, 1.82) is 0 Å². The number of rotatable bonds is 7. The maximum Gasteiger partial charge on any atom is 0.248 e. The number of aliphatic hydroxyl groups excluding tert-OH is 1. The minimum absolute atomic E-state index is 0.0762. The number of nitrogens with zero attached hydrogens (tertiary/aromatic N) is 2. The zero-order valence-electron chi connectivity index (χ0n) is 19.9. The van der Waals surface area contributed by atoms with Crippen LogP contribution >= 0.6 is 0 Å². The summed E-state index contributed by atoms with van der Waals surface area (Å²) in [5.41, 5.74) is 1.59. The summed E-state index contributed by atoms with van der Waals surface area (Å²) < 4.78 is 0. The van der Waals surface area contributed by atoms with Gasteiger partial charge in [0.2, 0.25) is 5.91 Å². The molecule has 6 bridgehead atoms. The van der Waals surface area contributed by atoms with Gasteiger partial charge in [-0.3, -0.25) is 9.69 Å². The van der Waals surface area contributed by atoms with E-state index in [0.717, 1.165) is 50.2 Å². The molecule has 33 heavy (non-hydrogen) atoms. The van der Waals surface area contributed by atoms with Crippen molar-refractivity contribution in [2.45, 2.75) is 82.2 Å². The first-order valence-corrected chi connectivity index (χ1v) is 13.4. The van der Waals surface area contributed by atoms with E-state index in [2.05, 4.69) is 11.0 Å². The highest BCUT2D eigenvalue weighted by Gasteiger charge is 2.51. The van der Waals surface area contributed by atoms with Crippen LogP contribution in [0.5, 0.6) is 5.75 Å². The topological polar surface area (TPSA) is 64.0 Å². The molecule has 5 heteroatoms. The minimum Gasteiger partial charge on any atom is -0.508 e. The fourth-order valence-corrected chi connectivity index (χ4v) is 9.21. The van der Waals surface area contributed by atoms with Crippen molar-refractivity contribution in [3.63, 3.8) is 0 Å². The lowest BCUT2D eigenvalue weighted by molar-refractivity contribution is -0.140. The fraction of sp³-hybridized carbons (Fsp3) is 0.750. The molecule has 1 aromatic carbocycles. The van der Waals surface area contributed by atoms with Gasteiger partial charge < -0.3 is 15.1 Å². The van der Waals surface area contributed by atoms with Crippen molar-refractivity contribution < 1.29 is 15.0 Å². The van der Waals surface area contributed by atoms with Crippen LogP contribution in [-0.2, 0) is 4.79 Å². The van der Waals surface area contributed by atoms with E-state index in [1.54, 1.807) is 6.07 Å². The Labute approximate surface area is 198 Å². The molecule has 1 amide bonds. The smallest absolute Gasteiger partial charge is 0.248 e. The molecule has 4 saturated carbocycles. The number of hydrogen-bond acceptors (Lipinski definition) is 4. The van der Waals surface area contributed by atoms with Gasteiger partial charge in [-0.1, -0.05) is 12.1 Å². The third kappa shape index (κ3) is 4.20. The van der Waals surface area contributed by atoms with Gasteiger partial charge in [0.05, 0.1) is 0 Å². The van der Waals surface area contributed by atoms with Gasteiger partial charge in [0.25, 0.3) is 0 Å². The zero-order chi connectivity index (χ0) is 22.6. The Balaban J connectivity index is 1.11. The van der Waals surface area contributed by atoms with Crippen LogP contribution in [0, 0.1) is 23.2 Å². The average Bonchev–Trinajstić information content (AvgIpc) is 3.01. The standard InChI is InChI=1S/C28H40N2O3/c31-17-27(33)29(18-28-14-19-8-20(15-28)10-21(9-19)16-28)6-7-30-24-4-5-25(30)12-23(11-24)22-2-1-3-26(32)13-22/h1-3,13,19-21,23-25,31-32H,4-12,14-18H2/t19?,20?,21?,23-,24+,25-,28?. The molecule has 2 N–H and O–H groups in total. The Kier molecular flexibility index (Phi) is 5.69. The molecule has 2 heterocycles. The van der Waals surface area contributed by atoms with Crippen LogP contribution in [0.3, 0.4) is 0 Å². The van der Waals surface area contributed by atoms with Crippen LogP contribution in [0.1, 0.15) is 75.7 Å². The highest BCUT2D eigenvalue weighted by Crippen LogP contribution is 2.60. The average molecular weight is 453 g/mol. The largest absolute Gasteiger partial charge is 0.508 e. The van der Waals surface area contributed by atoms with Crippen molar-refractivity contribution in [2.24, 2.45) is 23.2 Å². The molecular formula is C28H40N2O3. The Bertz CT molecular complexity index is 836. The molecule has 0 radical (unpaired) electrons. The molecule has 2 aliphatic heterocycles. The van der Waals surface area contributed by atoms with Crippen molar-refractivity contribution in [2.75, 3.05) is 26.2 Å². The molecule has 0 unspecified atom stereocenters. The summed E-state index contributed by atoms with van der Waals surface area (Å²) in [6, 6.07) is 8.95. The van der Waals surface area contributed by atoms with Gasteiger partial charge in [-0.05, 0) is 111 Å². The number of aromatic hydroxyl groups is 1. The molecule has 6 fully saturated rings. The summed E-state index contributed by atoms with van der Waals surface area (Å²) in [6.45, 7) is 2.19. The molecule has 180 valence electrons. The molecular weight excluding hydrogens is 412 g/mol. The number of aliphatic hydroxyl groups is 1. The number of hydrogen-bond donors (Lipinski definition) is 2. The lowest BCUT2D eigenvalue weighted by atomic mass is 9.49. The Morgan fingerprint density at radius 1 is 1.00 bits per heavy atom. The number of phenolic OH excluding ortho intramolecular Hbond substituents is 1. The molecule has 0 spiro atoms. The second-order valence-electron chi connectivity index (χ2n) is 12.3. The number of piperidine rings is 1. The monoisotopic (exact) mass is 452 g/mol. The van der Waals surface area contributed by atoms with Crippen molar-refractivity contribution in [3.8, 4) is 5.75 Å². The van der Waals surface area contributed by atoms with Crippen LogP contribution in [0.25, 0.3) is 0 Å². The number of phenols is 1. The van der Waals surface area contributed by atoms with Gasteiger partial charge in [-0.25, -0.2) is 0 Å². The van der Waals surface area contributed by atoms with Crippen LogP contribution in [-0.4, -0.2) is 64.2 Å². The lowest BCUT2D eigenvalue weighted by Gasteiger charge is -2.58. The molecule has 6 aliphatic rings. The Morgan fingerprint density at radius 2 is 1.64 bits per heavy atom. The van der Waals surface area contributed by atoms with E-state index in [0.29, 0.717) is 29.2 Å². The summed E-state index contributed by atoms with van der Waals surface area (Å²) in [5, 5.41) is 19.6. The molecule has 3 atom stereocenters. The van der Waals surface area contributed by atoms with Gasteiger partial charge in [0, 0.05) is 31.7 Å².